The Morgan fingerprint density at radius 2 is 1.97 bits per heavy atom. The average molecular weight is 406 g/mol. The molecule has 2 aromatic carbocycles. The highest BCUT2D eigenvalue weighted by Gasteiger charge is 2.23. The molecule has 1 aliphatic heterocycles. The lowest BCUT2D eigenvalue weighted by Crippen LogP contribution is -2.56. The summed E-state index contributed by atoms with van der Waals surface area (Å²) in [6.45, 7) is 6.02. The number of carbonyl (C=O) groups excluding carboxylic acids is 1. The fraction of sp³-hybridized carbons (Fsp3) is 0.292. The topological polar surface area (TPSA) is 44.4 Å². The molecule has 5 heteroatoms. The zero-order valence-corrected chi connectivity index (χ0v) is 17.9. The largest absolute Gasteiger partial charge is 0.369 e. The van der Waals surface area contributed by atoms with E-state index >= 15 is 0 Å². The van der Waals surface area contributed by atoms with E-state index in [1.165, 1.54) is 10.4 Å². The molecule has 2 N–H and O–H groups in total. The Kier molecular flexibility index (Phi) is 5.69. The Labute approximate surface area is 176 Å². The standard InChI is InChI=1S/C24H27N3OS/c1-16-10-11-18(27(3)19-14-25-15-19)13-22(16)24(28)26-17(2)20-7-4-5-8-21(20)23-9-6-12-29-23/h4-13,17,19,25H,14-15H2,1-3H3,(H,26,28)/t17-/m1/s1. The summed E-state index contributed by atoms with van der Waals surface area (Å²) in [5.74, 6) is -0.0297. The van der Waals surface area contributed by atoms with Crippen molar-refractivity contribution in [2.45, 2.75) is 25.9 Å². The third-order valence-corrected chi connectivity index (χ3v) is 6.65. The van der Waals surface area contributed by atoms with Gasteiger partial charge in [0, 0.05) is 36.3 Å². The second-order valence-electron chi connectivity index (χ2n) is 7.68. The molecule has 0 bridgehead atoms. The number of likely N-dealkylation sites (N-methyl/N-ethyl adjacent to an activating group) is 1. The van der Waals surface area contributed by atoms with E-state index in [0.29, 0.717) is 6.04 Å². The molecule has 0 unspecified atom stereocenters. The van der Waals surface area contributed by atoms with Gasteiger partial charge in [0.05, 0.1) is 12.1 Å². The molecule has 1 aliphatic rings. The third-order valence-electron chi connectivity index (χ3n) is 5.74. The first-order valence-corrected chi connectivity index (χ1v) is 10.9. The lowest BCUT2D eigenvalue weighted by Gasteiger charge is -2.37. The predicted octanol–water partition coefficient (Wildman–Crippen LogP) is 4.62. The monoisotopic (exact) mass is 405 g/mol. The first kappa shape index (κ1) is 19.7. The summed E-state index contributed by atoms with van der Waals surface area (Å²) >= 11 is 1.72. The van der Waals surface area contributed by atoms with Gasteiger partial charge in [-0.05, 0) is 54.1 Å². The number of benzene rings is 2. The zero-order chi connectivity index (χ0) is 20.4. The number of thiophene rings is 1. The molecule has 4 rings (SSSR count). The van der Waals surface area contributed by atoms with Crippen molar-refractivity contribution in [2.75, 3.05) is 25.0 Å². The third kappa shape index (κ3) is 4.07. The average Bonchev–Trinajstić information content (AvgIpc) is 3.21. The Hall–Kier alpha value is -2.63. The molecule has 4 nitrogen and oxygen atoms in total. The molecule has 0 aliphatic carbocycles. The summed E-state index contributed by atoms with van der Waals surface area (Å²) in [7, 11) is 2.09. The quantitative estimate of drug-likeness (QED) is 0.629. The molecule has 1 fully saturated rings. The van der Waals surface area contributed by atoms with E-state index in [2.05, 4.69) is 65.2 Å². The maximum atomic E-state index is 13.1. The fourth-order valence-electron chi connectivity index (χ4n) is 3.72. The minimum absolute atomic E-state index is 0.0297. The van der Waals surface area contributed by atoms with Crippen molar-refractivity contribution >= 4 is 22.9 Å². The number of carbonyl (C=O) groups is 1. The van der Waals surface area contributed by atoms with Crippen molar-refractivity contribution in [3.8, 4) is 10.4 Å². The van der Waals surface area contributed by atoms with Crippen LogP contribution in [0.15, 0.2) is 60.0 Å². The zero-order valence-electron chi connectivity index (χ0n) is 17.1. The van der Waals surface area contributed by atoms with Crippen LogP contribution >= 0.6 is 11.3 Å². The summed E-state index contributed by atoms with van der Waals surface area (Å²) in [6, 6.07) is 19.0. The number of nitrogens with zero attached hydrogens (tertiary/aromatic N) is 1. The van der Waals surface area contributed by atoms with E-state index in [0.717, 1.165) is 35.5 Å². The molecule has 0 saturated carbocycles. The maximum Gasteiger partial charge on any atom is 0.252 e. The van der Waals surface area contributed by atoms with Gasteiger partial charge in [0.2, 0.25) is 0 Å². The van der Waals surface area contributed by atoms with Gasteiger partial charge in [0.15, 0.2) is 0 Å². The Morgan fingerprint density at radius 3 is 2.66 bits per heavy atom. The van der Waals surface area contributed by atoms with E-state index in [1.807, 2.05) is 31.2 Å². The highest BCUT2D eigenvalue weighted by molar-refractivity contribution is 7.13. The number of hydrogen-bond donors (Lipinski definition) is 2. The molecule has 1 atom stereocenters. The smallest absolute Gasteiger partial charge is 0.252 e. The van der Waals surface area contributed by atoms with Crippen LogP contribution in [0.3, 0.4) is 0 Å². The number of aryl methyl sites for hydroxylation is 1. The molecule has 0 radical (unpaired) electrons. The van der Waals surface area contributed by atoms with Crippen LogP contribution in [0.2, 0.25) is 0 Å². The normalized spacial score (nSPS) is 14.9. The van der Waals surface area contributed by atoms with E-state index in [1.54, 1.807) is 11.3 Å². The van der Waals surface area contributed by atoms with Gasteiger partial charge in [-0.15, -0.1) is 11.3 Å². The lowest BCUT2D eigenvalue weighted by atomic mass is 9.99. The van der Waals surface area contributed by atoms with Crippen LogP contribution in [0.25, 0.3) is 10.4 Å². The molecule has 29 heavy (non-hydrogen) atoms. The SMILES string of the molecule is Cc1ccc(N(C)C2CNC2)cc1C(=O)N[C@H](C)c1ccccc1-c1cccs1. The van der Waals surface area contributed by atoms with Gasteiger partial charge in [-0.3, -0.25) is 4.79 Å². The molecular weight excluding hydrogens is 378 g/mol. The summed E-state index contributed by atoms with van der Waals surface area (Å²) in [6.07, 6.45) is 0. The minimum Gasteiger partial charge on any atom is -0.369 e. The molecule has 0 spiro atoms. The molecule has 1 aromatic heterocycles. The van der Waals surface area contributed by atoms with Gasteiger partial charge in [-0.1, -0.05) is 36.4 Å². The van der Waals surface area contributed by atoms with Crippen molar-refractivity contribution < 1.29 is 4.79 Å². The Balaban J connectivity index is 1.55. The van der Waals surface area contributed by atoms with Gasteiger partial charge in [-0.2, -0.15) is 0 Å². The number of anilines is 1. The summed E-state index contributed by atoms with van der Waals surface area (Å²) in [5.41, 5.74) is 5.12. The van der Waals surface area contributed by atoms with Crippen LogP contribution in [-0.2, 0) is 0 Å². The van der Waals surface area contributed by atoms with Crippen LogP contribution in [0.4, 0.5) is 5.69 Å². The predicted molar refractivity (Wildman–Crippen MR) is 122 cm³/mol. The van der Waals surface area contributed by atoms with Crippen LogP contribution in [-0.4, -0.2) is 32.1 Å². The van der Waals surface area contributed by atoms with Crippen LogP contribution in [0, 0.1) is 6.92 Å². The second kappa shape index (κ2) is 8.39. The Bertz CT molecular complexity index is 995. The van der Waals surface area contributed by atoms with Crippen LogP contribution < -0.4 is 15.5 Å². The lowest BCUT2D eigenvalue weighted by molar-refractivity contribution is 0.0939. The van der Waals surface area contributed by atoms with Crippen molar-refractivity contribution in [3.63, 3.8) is 0 Å². The van der Waals surface area contributed by atoms with Gasteiger partial charge >= 0.3 is 0 Å². The first-order valence-electron chi connectivity index (χ1n) is 10.0. The summed E-state index contributed by atoms with van der Waals surface area (Å²) < 4.78 is 0. The molecular formula is C24H27N3OS. The molecule has 1 saturated heterocycles. The van der Waals surface area contributed by atoms with Crippen molar-refractivity contribution in [2.24, 2.45) is 0 Å². The number of nitrogens with one attached hydrogen (secondary N) is 2. The van der Waals surface area contributed by atoms with Crippen LogP contribution in [0.5, 0.6) is 0 Å². The van der Waals surface area contributed by atoms with E-state index < -0.39 is 0 Å². The molecule has 150 valence electrons. The molecule has 2 heterocycles. The Morgan fingerprint density at radius 1 is 1.17 bits per heavy atom. The maximum absolute atomic E-state index is 13.1. The van der Waals surface area contributed by atoms with Crippen LogP contribution in [0.1, 0.15) is 34.5 Å². The van der Waals surface area contributed by atoms with Crippen molar-refractivity contribution in [3.05, 3.63) is 76.7 Å². The highest BCUT2D eigenvalue weighted by atomic mass is 32.1. The van der Waals surface area contributed by atoms with Gasteiger partial charge in [-0.25, -0.2) is 0 Å². The van der Waals surface area contributed by atoms with Gasteiger partial charge < -0.3 is 15.5 Å². The van der Waals surface area contributed by atoms with E-state index in [4.69, 9.17) is 0 Å². The molecule has 3 aromatic rings. The minimum atomic E-state index is -0.0857. The van der Waals surface area contributed by atoms with Crippen molar-refractivity contribution in [1.82, 2.24) is 10.6 Å². The fourth-order valence-corrected chi connectivity index (χ4v) is 4.49. The van der Waals surface area contributed by atoms with E-state index in [9.17, 15) is 4.79 Å². The van der Waals surface area contributed by atoms with Gasteiger partial charge in [0.25, 0.3) is 5.91 Å². The first-order chi connectivity index (χ1) is 14.0. The van der Waals surface area contributed by atoms with Gasteiger partial charge in [0.1, 0.15) is 0 Å². The summed E-state index contributed by atoms with van der Waals surface area (Å²) in [5, 5.41) is 8.60. The number of rotatable bonds is 6. The number of amides is 1. The van der Waals surface area contributed by atoms with Crippen molar-refractivity contribution in [1.29, 1.82) is 0 Å². The molecule has 1 amide bonds. The number of hydrogen-bond acceptors (Lipinski definition) is 4. The van der Waals surface area contributed by atoms with E-state index in [-0.39, 0.29) is 11.9 Å². The summed E-state index contributed by atoms with van der Waals surface area (Å²) in [4.78, 5) is 16.6. The second-order valence-corrected chi connectivity index (χ2v) is 8.63. The highest BCUT2D eigenvalue weighted by Crippen LogP contribution is 2.31.